The van der Waals surface area contributed by atoms with Crippen LogP contribution in [-0.2, 0) is 0 Å². The summed E-state index contributed by atoms with van der Waals surface area (Å²) < 4.78 is 32.0. The number of carbonyl (C=O) groups excluding carboxylic acids is 1. The number of ether oxygens (including phenoxy) is 3. The molecule has 8 nitrogen and oxygen atoms in total. The van der Waals surface area contributed by atoms with E-state index in [9.17, 15) is 9.18 Å². The lowest BCUT2D eigenvalue weighted by Crippen LogP contribution is -2.48. The first-order valence-electron chi connectivity index (χ1n) is 12.4. The SMILES string of the molecule is CCOc1cc(C(=O)NCCN2CCN(c3nc4c(F)cccc4s3)CC2)cc(OCC)c1OCC. The third kappa shape index (κ3) is 5.99. The van der Waals surface area contributed by atoms with Crippen molar-refractivity contribution in [3.8, 4) is 17.2 Å². The summed E-state index contributed by atoms with van der Waals surface area (Å²) in [5.41, 5.74) is 0.912. The number of thiazole rings is 1. The van der Waals surface area contributed by atoms with Crippen LogP contribution in [0.4, 0.5) is 9.52 Å². The molecule has 4 rings (SSSR count). The van der Waals surface area contributed by atoms with Crippen LogP contribution in [0.25, 0.3) is 10.2 Å². The first kappa shape index (κ1) is 26.0. The highest BCUT2D eigenvalue weighted by Gasteiger charge is 2.21. The van der Waals surface area contributed by atoms with Gasteiger partial charge in [0.15, 0.2) is 16.6 Å². The Morgan fingerprint density at radius 3 is 2.31 bits per heavy atom. The van der Waals surface area contributed by atoms with Crippen molar-refractivity contribution in [3.63, 3.8) is 0 Å². The smallest absolute Gasteiger partial charge is 0.251 e. The number of benzene rings is 2. The molecule has 0 saturated carbocycles. The number of anilines is 1. The fourth-order valence-electron chi connectivity index (χ4n) is 4.15. The molecule has 2 heterocycles. The van der Waals surface area contributed by atoms with Crippen LogP contribution in [0, 0.1) is 5.82 Å². The zero-order valence-electron chi connectivity index (χ0n) is 21.0. The van der Waals surface area contributed by atoms with E-state index in [-0.39, 0.29) is 11.7 Å². The molecule has 0 atom stereocenters. The number of para-hydroxylation sites is 1. The molecule has 1 aromatic heterocycles. The van der Waals surface area contributed by atoms with Gasteiger partial charge in [-0.2, -0.15) is 0 Å². The molecule has 1 saturated heterocycles. The normalized spacial score (nSPS) is 14.2. The molecule has 1 fully saturated rings. The summed E-state index contributed by atoms with van der Waals surface area (Å²) >= 11 is 1.52. The van der Waals surface area contributed by atoms with Gasteiger partial charge in [-0.05, 0) is 45.0 Å². The topological polar surface area (TPSA) is 76.2 Å². The number of fused-ring (bicyclic) bond motifs is 1. The predicted octanol–water partition coefficient (Wildman–Crippen LogP) is 4.18. The molecular weight excluding hydrogens is 483 g/mol. The molecule has 1 N–H and O–H groups in total. The molecule has 3 aromatic rings. The average molecular weight is 517 g/mol. The fraction of sp³-hybridized carbons (Fsp3) is 0.462. The van der Waals surface area contributed by atoms with Crippen molar-refractivity contribution in [2.45, 2.75) is 20.8 Å². The van der Waals surface area contributed by atoms with Gasteiger partial charge in [-0.15, -0.1) is 0 Å². The molecule has 0 radical (unpaired) electrons. The van der Waals surface area contributed by atoms with Gasteiger partial charge >= 0.3 is 0 Å². The molecule has 1 amide bonds. The highest BCUT2D eigenvalue weighted by atomic mass is 32.1. The van der Waals surface area contributed by atoms with Crippen molar-refractivity contribution >= 4 is 32.6 Å². The van der Waals surface area contributed by atoms with Crippen molar-refractivity contribution in [2.24, 2.45) is 0 Å². The number of hydrogen-bond donors (Lipinski definition) is 1. The standard InChI is InChI=1S/C26H33FN4O4S/c1-4-33-20-16-18(17-21(34-5-2)24(20)35-6-3)25(32)28-10-11-30-12-14-31(15-13-30)26-29-23-19(27)8-7-9-22(23)36-26/h7-9,16-17H,4-6,10-15H2,1-3H3,(H,28,32). The second kappa shape index (κ2) is 12.2. The third-order valence-corrected chi connectivity index (χ3v) is 6.97. The number of nitrogens with zero attached hydrogens (tertiary/aromatic N) is 3. The van der Waals surface area contributed by atoms with E-state index in [1.165, 1.54) is 17.4 Å². The van der Waals surface area contributed by atoms with Gasteiger partial charge in [0.25, 0.3) is 5.91 Å². The highest BCUT2D eigenvalue weighted by Crippen LogP contribution is 2.39. The molecule has 2 aromatic carbocycles. The number of carbonyl (C=O) groups is 1. The van der Waals surface area contributed by atoms with Crippen LogP contribution in [0.5, 0.6) is 17.2 Å². The van der Waals surface area contributed by atoms with Crippen molar-refractivity contribution in [1.82, 2.24) is 15.2 Å². The van der Waals surface area contributed by atoms with Crippen LogP contribution in [0.15, 0.2) is 30.3 Å². The first-order valence-corrected chi connectivity index (χ1v) is 13.2. The lowest BCUT2D eigenvalue weighted by atomic mass is 10.1. The van der Waals surface area contributed by atoms with Crippen LogP contribution in [0.1, 0.15) is 31.1 Å². The van der Waals surface area contributed by atoms with Crippen LogP contribution in [0.3, 0.4) is 0 Å². The molecule has 1 aliphatic heterocycles. The number of rotatable bonds is 11. The maximum Gasteiger partial charge on any atom is 0.251 e. The lowest BCUT2D eigenvalue weighted by Gasteiger charge is -2.34. The number of amides is 1. The fourth-order valence-corrected chi connectivity index (χ4v) is 5.18. The van der Waals surface area contributed by atoms with E-state index in [1.807, 2.05) is 26.8 Å². The molecule has 194 valence electrons. The lowest BCUT2D eigenvalue weighted by molar-refractivity contribution is 0.0946. The quantitative estimate of drug-likeness (QED) is 0.410. The van der Waals surface area contributed by atoms with Crippen molar-refractivity contribution < 1.29 is 23.4 Å². The molecule has 0 spiro atoms. The molecule has 10 heteroatoms. The second-order valence-electron chi connectivity index (χ2n) is 8.27. The second-order valence-corrected chi connectivity index (χ2v) is 9.28. The van der Waals surface area contributed by atoms with E-state index in [0.717, 1.165) is 42.6 Å². The van der Waals surface area contributed by atoms with Gasteiger partial charge in [0, 0.05) is 44.8 Å². The Morgan fingerprint density at radius 2 is 1.69 bits per heavy atom. The Morgan fingerprint density at radius 1 is 1.03 bits per heavy atom. The van der Waals surface area contributed by atoms with Gasteiger partial charge in [-0.1, -0.05) is 17.4 Å². The van der Waals surface area contributed by atoms with Gasteiger partial charge < -0.3 is 24.4 Å². The molecule has 36 heavy (non-hydrogen) atoms. The Labute approximate surface area is 215 Å². The Balaban J connectivity index is 1.31. The maximum atomic E-state index is 14.0. The van der Waals surface area contributed by atoms with Crippen molar-refractivity contribution in [2.75, 3.05) is 64.0 Å². The highest BCUT2D eigenvalue weighted by molar-refractivity contribution is 7.22. The summed E-state index contributed by atoms with van der Waals surface area (Å²) in [5.74, 6) is 1.06. The van der Waals surface area contributed by atoms with E-state index < -0.39 is 0 Å². The zero-order valence-corrected chi connectivity index (χ0v) is 21.8. The minimum Gasteiger partial charge on any atom is -0.490 e. The Hall–Kier alpha value is -3.11. The summed E-state index contributed by atoms with van der Waals surface area (Å²) in [6, 6.07) is 8.46. The van der Waals surface area contributed by atoms with Gasteiger partial charge in [-0.25, -0.2) is 9.37 Å². The van der Waals surface area contributed by atoms with Crippen molar-refractivity contribution in [3.05, 3.63) is 41.7 Å². The maximum absolute atomic E-state index is 14.0. The van der Waals surface area contributed by atoms with Crippen LogP contribution >= 0.6 is 11.3 Å². The number of nitrogens with one attached hydrogen (secondary N) is 1. The van der Waals surface area contributed by atoms with Gasteiger partial charge in [0.2, 0.25) is 5.75 Å². The number of halogens is 1. The monoisotopic (exact) mass is 516 g/mol. The van der Waals surface area contributed by atoms with Crippen molar-refractivity contribution in [1.29, 1.82) is 0 Å². The van der Waals surface area contributed by atoms with Crippen LogP contribution in [0.2, 0.25) is 0 Å². The summed E-state index contributed by atoms with van der Waals surface area (Å²) in [6.07, 6.45) is 0. The first-order chi connectivity index (χ1) is 17.5. The largest absolute Gasteiger partial charge is 0.490 e. The van der Waals surface area contributed by atoms with E-state index in [2.05, 4.69) is 20.1 Å². The molecule has 0 unspecified atom stereocenters. The number of hydrogen-bond acceptors (Lipinski definition) is 8. The third-order valence-electron chi connectivity index (χ3n) is 5.89. The van der Waals surface area contributed by atoms with Crippen LogP contribution in [-0.4, -0.2) is 74.9 Å². The Kier molecular flexibility index (Phi) is 8.82. The van der Waals surface area contributed by atoms with Crippen LogP contribution < -0.4 is 24.4 Å². The summed E-state index contributed by atoms with van der Waals surface area (Å²) in [4.78, 5) is 21.9. The van der Waals surface area contributed by atoms with Gasteiger partial charge in [0.05, 0.1) is 24.5 Å². The minimum atomic E-state index is -0.279. The summed E-state index contributed by atoms with van der Waals surface area (Å²) in [5, 5.41) is 3.86. The van der Waals surface area contributed by atoms with Gasteiger partial charge in [-0.3, -0.25) is 9.69 Å². The van der Waals surface area contributed by atoms with E-state index in [1.54, 1.807) is 18.2 Å². The van der Waals surface area contributed by atoms with E-state index in [4.69, 9.17) is 14.2 Å². The molecule has 0 aliphatic carbocycles. The number of aromatic nitrogens is 1. The molecule has 1 aliphatic rings. The average Bonchev–Trinajstić information content (AvgIpc) is 3.32. The van der Waals surface area contributed by atoms with E-state index >= 15 is 0 Å². The molecular formula is C26H33FN4O4S. The minimum absolute atomic E-state index is 0.185. The van der Waals surface area contributed by atoms with E-state index in [0.29, 0.717) is 54.7 Å². The number of piperazine rings is 1. The van der Waals surface area contributed by atoms with Gasteiger partial charge in [0.1, 0.15) is 11.3 Å². The zero-order chi connectivity index (χ0) is 25.5. The Bertz CT molecular complexity index is 1150. The summed E-state index contributed by atoms with van der Waals surface area (Å²) in [6.45, 7) is 11.6. The molecule has 0 bridgehead atoms. The summed E-state index contributed by atoms with van der Waals surface area (Å²) in [7, 11) is 0. The predicted molar refractivity (Wildman–Crippen MR) is 141 cm³/mol.